The Morgan fingerprint density at radius 1 is 0.912 bits per heavy atom. The van der Waals surface area contributed by atoms with Gasteiger partial charge >= 0.3 is 0 Å². The first-order valence-corrected chi connectivity index (χ1v) is 12.7. The first-order chi connectivity index (χ1) is 16.4. The molecule has 0 amide bonds. The molecule has 10 heteroatoms. The smallest absolute Gasteiger partial charge is 0.243 e. The van der Waals surface area contributed by atoms with Crippen LogP contribution < -0.4 is 4.74 Å². The molecule has 0 aliphatic carbocycles. The standard InChI is InChI=1S/C24H20Cl2N4O3S/c25-23-11-8-18(12-24(23)26)17-6-9-22(10-7-17)34(31,32)29-14-20(15-29)30-13-19(27-28-30)16-33-21-4-2-1-3-5-21/h1-13,20H,14-16H2. The van der Waals surface area contributed by atoms with E-state index in [1.807, 2.05) is 36.4 Å². The van der Waals surface area contributed by atoms with Crippen LogP contribution in [0.1, 0.15) is 11.7 Å². The van der Waals surface area contributed by atoms with Crippen LogP contribution in [0.25, 0.3) is 11.1 Å². The lowest BCUT2D eigenvalue weighted by Gasteiger charge is -2.37. The van der Waals surface area contributed by atoms with Gasteiger partial charge in [0.25, 0.3) is 0 Å². The molecule has 34 heavy (non-hydrogen) atoms. The van der Waals surface area contributed by atoms with Gasteiger partial charge in [0.1, 0.15) is 18.1 Å². The van der Waals surface area contributed by atoms with Gasteiger partial charge in [0.15, 0.2) is 0 Å². The van der Waals surface area contributed by atoms with E-state index in [1.165, 1.54) is 4.31 Å². The van der Waals surface area contributed by atoms with Crippen LogP contribution in [0.4, 0.5) is 0 Å². The van der Waals surface area contributed by atoms with Gasteiger partial charge in [-0.1, -0.05) is 64.8 Å². The molecule has 3 aromatic carbocycles. The first-order valence-electron chi connectivity index (χ1n) is 10.5. The predicted molar refractivity (Wildman–Crippen MR) is 130 cm³/mol. The summed E-state index contributed by atoms with van der Waals surface area (Å²) >= 11 is 12.1. The third kappa shape index (κ3) is 4.67. The number of nitrogens with zero attached hydrogens (tertiary/aromatic N) is 4. The quantitative estimate of drug-likeness (QED) is 0.343. The second-order valence-corrected chi connectivity index (χ2v) is 10.7. The highest BCUT2D eigenvalue weighted by molar-refractivity contribution is 7.89. The summed E-state index contributed by atoms with van der Waals surface area (Å²) < 4.78 is 34.9. The average Bonchev–Trinajstić information content (AvgIpc) is 3.27. The van der Waals surface area contributed by atoms with Crippen LogP contribution in [-0.4, -0.2) is 40.8 Å². The van der Waals surface area contributed by atoms with Gasteiger partial charge in [-0.25, -0.2) is 13.1 Å². The van der Waals surface area contributed by atoms with Crippen LogP contribution in [0.5, 0.6) is 5.75 Å². The van der Waals surface area contributed by atoms with E-state index < -0.39 is 10.0 Å². The molecule has 1 aromatic heterocycles. The maximum atomic E-state index is 13.0. The van der Waals surface area contributed by atoms with Crippen LogP contribution >= 0.6 is 23.2 Å². The van der Waals surface area contributed by atoms with E-state index >= 15 is 0 Å². The van der Waals surface area contributed by atoms with Crippen molar-refractivity contribution >= 4 is 33.2 Å². The number of hydrogen-bond acceptors (Lipinski definition) is 5. The molecule has 5 rings (SSSR count). The molecular weight excluding hydrogens is 495 g/mol. The normalized spacial score (nSPS) is 14.6. The summed E-state index contributed by atoms with van der Waals surface area (Å²) in [6, 6.07) is 21.4. The first kappa shape index (κ1) is 22.9. The molecule has 174 valence electrons. The maximum absolute atomic E-state index is 13.0. The van der Waals surface area contributed by atoms with Crippen molar-refractivity contribution in [1.29, 1.82) is 0 Å². The zero-order valence-electron chi connectivity index (χ0n) is 17.9. The molecule has 2 heterocycles. The van der Waals surface area contributed by atoms with E-state index in [4.69, 9.17) is 27.9 Å². The Hall–Kier alpha value is -2.91. The zero-order valence-corrected chi connectivity index (χ0v) is 20.2. The summed E-state index contributed by atoms with van der Waals surface area (Å²) in [7, 11) is -3.60. The van der Waals surface area contributed by atoms with Crippen molar-refractivity contribution in [3.8, 4) is 16.9 Å². The molecule has 4 aromatic rings. The van der Waals surface area contributed by atoms with Gasteiger partial charge < -0.3 is 4.74 Å². The fraction of sp³-hybridized carbons (Fsp3) is 0.167. The summed E-state index contributed by atoms with van der Waals surface area (Å²) in [5, 5.41) is 9.20. The lowest BCUT2D eigenvalue weighted by molar-refractivity contribution is 0.189. The molecule has 1 aliphatic rings. The second kappa shape index (κ2) is 9.38. The van der Waals surface area contributed by atoms with Crippen LogP contribution in [0.3, 0.4) is 0 Å². The molecule has 1 saturated heterocycles. The van der Waals surface area contributed by atoms with Gasteiger partial charge in [-0.3, -0.25) is 0 Å². The lowest BCUT2D eigenvalue weighted by atomic mass is 10.1. The number of halogens is 2. The van der Waals surface area contributed by atoms with Crippen molar-refractivity contribution in [2.45, 2.75) is 17.5 Å². The van der Waals surface area contributed by atoms with E-state index in [0.717, 1.165) is 16.9 Å². The van der Waals surface area contributed by atoms with Gasteiger partial charge in [-0.15, -0.1) is 5.10 Å². The number of hydrogen-bond donors (Lipinski definition) is 0. The third-order valence-corrected chi connectivity index (χ3v) is 8.22. The molecule has 0 atom stereocenters. The molecule has 0 bridgehead atoms. The van der Waals surface area contributed by atoms with E-state index in [-0.39, 0.29) is 10.9 Å². The fourth-order valence-electron chi connectivity index (χ4n) is 3.66. The lowest BCUT2D eigenvalue weighted by Crippen LogP contribution is -2.50. The van der Waals surface area contributed by atoms with Gasteiger partial charge in [0.2, 0.25) is 10.0 Å². The van der Waals surface area contributed by atoms with Crippen LogP contribution in [0.2, 0.25) is 10.0 Å². The summed E-state index contributed by atoms with van der Waals surface area (Å²) in [6.07, 6.45) is 1.80. The molecule has 0 radical (unpaired) electrons. The Labute approximate surface area is 207 Å². The van der Waals surface area contributed by atoms with Gasteiger partial charge in [0.05, 0.1) is 27.2 Å². The summed E-state index contributed by atoms with van der Waals surface area (Å²) in [5.41, 5.74) is 2.40. The van der Waals surface area contributed by atoms with Crippen molar-refractivity contribution in [1.82, 2.24) is 19.3 Å². The topological polar surface area (TPSA) is 77.3 Å². The summed E-state index contributed by atoms with van der Waals surface area (Å²) in [6.45, 7) is 0.961. The zero-order chi connectivity index (χ0) is 23.7. The van der Waals surface area contributed by atoms with E-state index in [0.29, 0.717) is 35.4 Å². The van der Waals surface area contributed by atoms with E-state index in [2.05, 4.69) is 10.3 Å². The number of para-hydroxylation sites is 1. The Morgan fingerprint density at radius 2 is 1.62 bits per heavy atom. The van der Waals surface area contributed by atoms with Crippen LogP contribution in [-0.2, 0) is 16.6 Å². The third-order valence-electron chi connectivity index (χ3n) is 5.64. The highest BCUT2D eigenvalue weighted by atomic mass is 35.5. The summed E-state index contributed by atoms with van der Waals surface area (Å²) in [4.78, 5) is 0.241. The number of ether oxygens (including phenoxy) is 1. The van der Waals surface area contributed by atoms with Gasteiger partial charge in [-0.05, 0) is 47.5 Å². The Balaban J connectivity index is 1.21. The molecule has 1 aliphatic heterocycles. The number of benzene rings is 3. The average molecular weight is 515 g/mol. The molecule has 7 nitrogen and oxygen atoms in total. The van der Waals surface area contributed by atoms with Crippen molar-refractivity contribution < 1.29 is 13.2 Å². The van der Waals surface area contributed by atoms with E-state index in [1.54, 1.807) is 47.3 Å². The predicted octanol–water partition coefficient (Wildman–Crippen LogP) is 5.08. The number of aromatic nitrogens is 3. The Morgan fingerprint density at radius 3 is 2.32 bits per heavy atom. The molecule has 0 saturated carbocycles. The largest absolute Gasteiger partial charge is 0.487 e. The van der Waals surface area contributed by atoms with Crippen LogP contribution in [0, 0.1) is 0 Å². The minimum atomic E-state index is -3.60. The molecule has 0 unspecified atom stereocenters. The van der Waals surface area contributed by atoms with Crippen LogP contribution in [0.15, 0.2) is 83.9 Å². The molecule has 0 N–H and O–H groups in total. The second-order valence-electron chi connectivity index (χ2n) is 7.92. The fourth-order valence-corrected chi connectivity index (χ4v) is 5.47. The summed E-state index contributed by atoms with van der Waals surface area (Å²) in [5.74, 6) is 0.753. The van der Waals surface area contributed by atoms with Crippen molar-refractivity contribution in [2.75, 3.05) is 13.1 Å². The maximum Gasteiger partial charge on any atom is 0.243 e. The Bertz CT molecular complexity index is 1400. The van der Waals surface area contributed by atoms with Gasteiger partial charge in [-0.2, -0.15) is 4.31 Å². The number of rotatable bonds is 7. The van der Waals surface area contributed by atoms with Crippen molar-refractivity contribution in [2.24, 2.45) is 0 Å². The van der Waals surface area contributed by atoms with Crippen molar-refractivity contribution in [3.63, 3.8) is 0 Å². The minimum Gasteiger partial charge on any atom is -0.487 e. The SMILES string of the molecule is O=S(=O)(c1ccc(-c2ccc(Cl)c(Cl)c2)cc1)N1CC(n2cc(COc3ccccc3)nn2)C1. The number of sulfonamides is 1. The Kier molecular flexibility index (Phi) is 6.31. The van der Waals surface area contributed by atoms with Crippen molar-refractivity contribution in [3.05, 3.63) is 94.7 Å². The minimum absolute atomic E-state index is 0.0665. The molecular formula is C24H20Cl2N4O3S. The molecule has 0 spiro atoms. The highest BCUT2D eigenvalue weighted by Gasteiger charge is 2.38. The monoisotopic (exact) mass is 514 g/mol. The molecule has 1 fully saturated rings. The van der Waals surface area contributed by atoms with E-state index in [9.17, 15) is 8.42 Å². The highest BCUT2D eigenvalue weighted by Crippen LogP contribution is 2.31. The van der Waals surface area contributed by atoms with Gasteiger partial charge in [0, 0.05) is 13.1 Å².